The molecule has 0 aromatic rings. The van der Waals surface area contributed by atoms with Gasteiger partial charge >= 0.3 is 0 Å². The SMILES string of the molecule is N#CO.N#CO.N#CO.N#CO.N#CO.N#CO.[Fe].[Fe]. The van der Waals surface area contributed by atoms with E-state index in [1.807, 2.05) is 0 Å². The number of aliphatic hydroxyl groups excluding tert-OH is 6. The molecule has 0 aliphatic carbocycles. The third-order valence-corrected chi connectivity index (χ3v) is 0. The van der Waals surface area contributed by atoms with Gasteiger partial charge in [0, 0.05) is 34.1 Å². The maximum absolute atomic E-state index is 6.88. The number of nitriles is 6. The fourth-order valence-electron chi connectivity index (χ4n) is 0. The Kier molecular flexibility index (Phi) is 1210. The molecule has 0 saturated carbocycles. The van der Waals surface area contributed by atoms with Gasteiger partial charge in [-0.15, -0.1) is 0 Å². The van der Waals surface area contributed by atoms with Gasteiger partial charge in [0.1, 0.15) is 0 Å². The molecule has 0 rings (SSSR count). The third-order valence-electron chi connectivity index (χ3n) is 0. The van der Waals surface area contributed by atoms with Gasteiger partial charge in [0.25, 0.3) is 37.5 Å². The van der Waals surface area contributed by atoms with Crippen LogP contribution in [-0.2, 0) is 34.1 Å². The second kappa shape index (κ2) is 446. The summed E-state index contributed by atoms with van der Waals surface area (Å²) in [6.07, 6.45) is 4.50. The average molecular weight is 370 g/mol. The molecule has 0 spiro atoms. The van der Waals surface area contributed by atoms with Crippen molar-refractivity contribution in [1.82, 2.24) is 0 Å². The van der Waals surface area contributed by atoms with E-state index in [1.54, 1.807) is 0 Å². The molecule has 0 unspecified atom stereocenters. The fourth-order valence-corrected chi connectivity index (χ4v) is 0. The van der Waals surface area contributed by atoms with Crippen LogP contribution < -0.4 is 0 Å². The second-order valence-corrected chi connectivity index (χ2v) is 0.600. The predicted molar refractivity (Wildman–Crippen MR) is 45.3 cm³/mol. The van der Waals surface area contributed by atoms with E-state index in [9.17, 15) is 0 Å². The Labute approximate surface area is 134 Å². The molecule has 0 saturated heterocycles. The van der Waals surface area contributed by atoms with Crippen LogP contribution in [0, 0.1) is 69.1 Å². The largest absolute Gasteiger partial charge is 0.443 e. The summed E-state index contributed by atoms with van der Waals surface area (Å²) in [5.41, 5.74) is 0. The van der Waals surface area contributed by atoms with Crippen molar-refractivity contribution in [3.8, 4) is 37.5 Å². The molecule has 0 aromatic heterocycles. The van der Waals surface area contributed by atoms with E-state index in [0.717, 1.165) is 37.5 Å². The molecule has 6 N–H and O–H groups in total. The molecule has 0 aliphatic heterocycles. The number of nitrogens with zero attached hydrogens (tertiary/aromatic N) is 6. The number of rotatable bonds is 0. The minimum absolute atomic E-state index is 0. The van der Waals surface area contributed by atoms with Crippen LogP contribution in [0.1, 0.15) is 0 Å². The topological polar surface area (TPSA) is 264 Å². The monoisotopic (exact) mass is 370 g/mol. The summed E-state index contributed by atoms with van der Waals surface area (Å²) in [5.74, 6) is 0. The standard InChI is InChI=1S/6CHNO.2Fe/c6*2-1-3;;/h6*3H;;. The van der Waals surface area contributed by atoms with Crippen molar-refractivity contribution in [3.05, 3.63) is 0 Å². The van der Waals surface area contributed by atoms with Crippen molar-refractivity contribution < 1.29 is 64.8 Å². The van der Waals surface area contributed by atoms with E-state index in [1.165, 1.54) is 0 Å². The molecule has 0 radical (unpaired) electrons. The molecular formula is C6H6Fe2N6O6. The van der Waals surface area contributed by atoms with Gasteiger partial charge in [-0.05, 0) is 0 Å². The first-order chi connectivity index (χ1) is 8.49. The zero-order valence-electron chi connectivity index (χ0n) is 9.07. The van der Waals surface area contributed by atoms with Crippen LogP contribution in [-0.4, -0.2) is 30.6 Å². The third kappa shape index (κ3) is 270. The summed E-state index contributed by atoms with van der Waals surface area (Å²) >= 11 is 0. The van der Waals surface area contributed by atoms with E-state index >= 15 is 0 Å². The Balaban J connectivity index is -0.0000000141. The average Bonchev–Trinajstić information content (AvgIpc) is 2.23. The van der Waals surface area contributed by atoms with Crippen molar-refractivity contribution >= 4 is 0 Å². The van der Waals surface area contributed by atoms with Gasteiger partial charge in [-0.3, -0.25) is 0 Å². The van der Waals surface area contributed by atoms with Crippen molar-refractivity contribution in [2.24, 2.45) is 0 Å². The summed E-state index contributed by atoms with van der Waals surface area (Å²) in [6.45, 7) is 0. The summed E-state index contributed by atoms with van der Waals surface area (Å²) in [7, 11) is 0. The van der Waals surface area contributed by atoms with Crippen molar-refractivity contribution in [1.29, 1.82) is 31.6 Å². The van der Waals surface area contributed by atoms with Gasteiger partial charge in [-0.1, -0.05) is 0 Å². The van der Waals surface area contributed by atoms with E-state index < -0.39 is 0 Å². The van der Waals surface area contributed by atoms with Crippen molar-refractivity contribution in [2.45, 2.75) is 0 Å². The van der Waals surface area contributed by atoms with Gasteiger partial charge in [0.15, 0.2) is 0 Å². The minimum Gasteiger partial charge on any atom is -0.443 e. The van der Waals surface area contributed by atoms with Crippen LogP contribution in [0.2, 0.25) is 0 Å². The van der Waals surface area contributed by atoms with Gasteiger partial charge < -0.3 is 30.6 Å². The smallest absolute Gasteiger partial charge is 0.283 e. The summed E-state index contributed by atoms with van der Waals surface area (Å²) in [5, 5.41) is 82.5. The number of aliphatic hydroxyl groups is 6. The van der Waals surface area contributed by atoms with Gasteiger partial charge in [-0.2, -0.15) is 31.6 Å². The maximum Gasteiger partial charge on any atom is 0.283 e. The molecule has 0 bridgehead atoms. The normalized spacial score (nSPS) is 2.10. The molecule has 0 aliphatic rings. The first-order valence-corrected chi connectivity index (χ1v) is 2.68. The number of hydrogen-bond acceptors (Lipinski definition) is 12. The van der Waals surface area contributed by atoms with Crippen LogP contribution in [0.3, 0.4) is 0 Å². The molecule has 0 heterocycles. The molecule has 0 atom stereocenters. The zero-order valence-corrected chi connectivity index (χ0v) is 11.3. The van der Waals surface area contributed by atoms with Crippen molar-refractivity contribution in [3.63, 3.8) is 0 Å². The first-order valence-electron chi connectivity index (χ1n) is 2.68. The quantitative estimate of drug-likeness (QED) is 0.222. The van der Waals surface area contributed by atoms with Gasteiger partial charge in [-0.25, -0.2) is 0 Å². The maximum atomic E-state index is 6.88. The van der Waals surface area contributed by atoms with E-state index in [2.05, 4.69) is 0 Å². The Morgan fingerprint density at radius 2 is 0.350 bits per heavy atom. The molecule has 0 aromatic carbocycles. The molecule has 0 amide bonds. The Bertz CT molecular complexity index is 260. The second-order valence-electron chi connectivity index (χ2n) is 0.600. The molecular weight excluding hydrogens is 364 g/mol. The first kappa shape index (κ1) is 54.2. The fraction of sp³-hybridized carbons (Fsp3) is 0. The predicted octanol–water partition coefficient (Wildman–Crippen LogP) is -0.965. The van der Waals surface area contributed by atoms with Crippen LogP contribution in [0.25, 0.3) is 0 Å². The summed E-state index contributed by atoms with van der Waals surface area (Å²) in [4.78, 5) is 0. The molecule has 112 valence electrons. The van der Waals surface area contributed by atoms with Crippen LogP contribution in [0.5, 0.6) is 0 Å². The van der Waals surface area contributed by atoms with Crippen LogP contribution >= 0.6 is 0 Å². The van der Waals surface area contributed by atoms with E-state index in [-0.39, 0.29) is 34.1 Å². The van der Waals surface area contributed by atoms with E-state index in [4.69, 9.17) is 62.2 Å². The number of hydrogen-bond donors (Lipinski definition) is 6. The minimum atomic E-state index is 0. The Morgan fingerprint density at radius 3 is 0.350 bits per heavy atom. The zero-order chi connectivity index (χ0) is 16.2. The van der Waals surface area contributed by atoms with Crippen LogP contribution in [0.4, 0.5) is 0 Å². The molecule has 14 heteroatoms. The van der Waals surface area contributed by atoms with Crippen LogP contribution in [0.15, 0.2) is 0 Å². The van der Waals surface area contributed by atoms with Gasteiger partial charge in [0.2, 0.25) is 0 Å². The van der Waals surface area contributed by atoms with Crippen molar-refractivity contribution in [2.75, 3.05) is 0 Å². The molecule has 20 heavy (non-hydrogen) atoms. The Morgan fingerprint density at radius 1 is 0.350 bits per heavy atom. The summed E-state index contributed by atoms with van der Waals surface area (Å²) < 4.78 is 0. The van der Waals surface area contributed by atoms with Gasteiger partial charge in [0.05, 0.1) is 0 Å². The Hall–Kier alpha value is -3.22. The molecule has 0 fully saturated rings. The summed E-state index contributed by atoms with van der Waals surface area (Å²) in [6, 6.07) is 0. The van der Waals surface area contributed by atoms with E-state index in [0.29, 0.717) is 0 Å². The molecule has 12 nitrogen and oxygen atoms in total.